The predicted octanol–water partition coefficient (Wildman–Crippen LogP) is 2.61. The number of carbonyl (C=O) groups is 1. The minimum absolute atomic E-state index is 0. The molecule has 0 spiro atoms. The van der Waals surface area contributed by atoms with E-state index in [0.717, 1.165) is 28.7 Å². The SMILES string of the molecule is COCCNCCNC(=O)Cc1csc(-c2cccs2)n1.Cl.Cl. The van der Waals surface area contributed by atoms with Gasteiger partial charge < -0.3 is 15.4 Å². The van der Waals surface area contributed by atoms with E-state index >= 15 is 0 Å². The van der Waals surface area contributed by atoms with Crippen LogP contribution in [-0.2, 0) is 16.0 Å². The second-order valence-corrected chi connectivity index (χ2v) is 6.20. The molecule has 0 aromatic carbocycles. The van der Waals surface area contributed by atoms with E-state index in [9.17, 15) is 4.79 Å². The van der Waals surface area contributed by atoms with Crippen molar-refractivity contribution in [2.45, 2.75) is 6.42 Å². The molecule has 0 atom stereocenters. The van der Waals surface area contributed by atoms with Crippen molar-refractivity contribution < 1.29 is 9.53 Å². The Kier molecular flexibility index (Phi) is 12.3. The van der Waals surface area contributed by atoms with Crippen molar-refractivity contribution >= 4 is 53.4 Å². The molecule has 9 heteroatoms. The number of hydrogen-bond donors (Lipinski definition) is 2. The molecule has 0 radical (unpaired) electrons. The van der Waals surface area contributed by atoms with Gasteiger partial charge in [0.2, 0.25) is 5.91 Å². The van der Waals surface area contributed by atoms with Crippen LogP contribution in [0, 0.1) is 0 Å². The summed E-state index contributed by atoms with van der Waals surface area (Å²) in [7, 11) is 1.67. The number of methoxy groups -OCH3 is 1. The van der Waals surface area contributed by atoms with Gasteiger partial charge in [-0.1, -0.05) is 6.07 Å². The summed E-state index contributed by atoms with van der Waals surface area (Å²) in [5.74, 6) is 0.00608. The molecule has 0 aliphatic heterocycles. The maximum Gasteiger partial charge on any atom is 0.226 e. The van der Waals surface area contributed by atoms with Crippen molar-refractivity contribution in [3.05, 3.63) is 28.6 Å². The highest BCUT2D eigenvalue weighted by molar-refractivity contribution is 7.20. The quantitative estimate of drug-likeness (QED) is 0.638. The van der Waals surface area contributed by atoms with Crippen LogP contribution < -0.4 is 10.6 Å². The smallest absolute Gasteiger partial charge is 0.226 e. The lowest BCUT2D eigenvalue weighted by Gasteiger charge is -2.05. The molecule has 0 fully saturated rings. The van der Waals surface area contributed by atoms with Crippen LogP contribution in [0.25, 0.3) is 9.88 Å². The lowest BCUT2D eigenvalue weighted by molar-refractivity contribution is -0.120. The molecule has 2 aromatic rings. The first-order chi connectivity index (χ1) is 10.3. The van der Waals surface area contributed by atoms with E-state index in [1.54, 1.807) is 29.8 Å². The average molecular weight is 398 g/mol. The molecule has 0 saturated heterocycles. The second kappa shape index (κ2) is 12.7. The number of thiazole rings is 1. The summed E-state index contributed by atoms with van der Waals surface area (Å²) in [6, 6.07) is 4.05. The summed E-state index contributed by atoms with van der Waals surface area (Å²) in [6.07, 6.45) is 0.333. The lowest BCUT2D eigenvalue weighted by Crippen LogP contribution is -2.33. The van der Waals surface area contributed by atoms with Gasteiger partial charge in [-0.05, 0) is 11.4 Å². The summed E-state index contributed by atoms with van der Waals surface area (Å²) >= 11 is 3.24. The Bertz CT molecular complexity index is 550. The number of carbonyl (C=O) groups excluding carboxylic acids is 1. The predicted molar refractivity (Wildman–Crippen MR) is 101 cm³/mol. The van der Waals surface area contributed by atoms with Gasteiger partial charge in [-0.2, -0.15) is 0 Å². The van der Waals surface area contributed by atoms with Crippen LogP contribution in [-0.4, -0.2) is 44.2 Å². The summed E-state index contributed by atoms with van der Waals surface area (Å²) in [4.78, 5) is 17.4. The van der Waals surface area contributed by atoms with Crippen LogP contribution in [0.5, 0.6) is 0 Å². The molecule has 5 nitrogen and oxygen atoms in total. The van der Waals surface area contributed by atoms with Gasteiger partial charge in [0.1, 0.15) is 5.01 Å². The third-order valence-corrected chi connectivity index (χ3v) is 4.66. The summed E-state index contributed by atoms with van der Waals surface area (Å²) in [5.41, 5.74) is 0.827. The van der Waals surface area contributed by atoms with Crippen molar-refractivity contribution in [1.82, 2.24) is 15.6 Å². The van der Waals surface area contributed by atoms with E-state index in [1.165, 1.54) is 0 Å². The number of aromatic nitrogens is 1. The lowest BCUT2D eigenvalue weighted by atomic mass is 10.3. The summed E-state index contributed by atoms with van der Waals surface area (Å²) < 4.78 is 4.93. The fourth-order valence-corrected chi connectivity index (χ4v) is 3.35. The maximum atomic E-state index is 11.8. The molecule has 0 aliphatic carbocycles. The standard InChI is InChI=1S/C14H19N3O2S2.2ClH/c1-19-7-6-15-4-5-16-13(18)9-11-10-21-14(17-11)12-3-2-8-20-12;;/h2-3,8,10,15H,4-7,9H2,1H3,(H,16,18);2*1H. The van der Waals surface area contributed by atoms with Crippen molar-refractivity contribution in [1.29, 1.82) is 0 Å². The third kappa shape index (κ3) is 8.10. The highest BCUT2D eigenvalue weighted by Gasteiger charge is 2.09. The molecule has 2 rings (SSSR count). The molecule has 0 saturated carbocycles. The molecule has 130 valence electrons. The maximum absolute atomic E-state index is 11.8. The molecule has 0 aliphatic rings. The topological polar surface area (TPSA) is 63.2 Å². The Morgan fingerprint density at radius 3 is 2.78 bits per heavy atom. The normalized spacial score (nSPS) is 9.78. The number of halogens is 2. The highest BCUT2D eigenvalue weighted by Crippen LogP contribution is 2.27. The van der Waals surface area contributed by atoms with Gasteiger partial charge in [-0.25, -0.2) is 4.98 Å². The number of amides is 1. The monoisotopic (exact) mass is 397 g/mol. The Morgan fingerprint density at radius 2 is 2.09 bits per heavy atom. The van der Waals surface area contributed by atoms with Crippen LogP contribution in [0.1, 0.15) is 5.69 Å². The Morgan fingerprint density at radius 1 is 1.26 bits per heavy atom. The molecular weight excluding hydrogens is 377 g/mol. The average Bonchev–Trinajstić information content (AvgIpc) is 3.13. The van der Waals surface area contributed by atoms with Gasteiger partial charge in [-0.15, -0.1) is 47.5 Å². The number of thiophene rings is 1. The molecule has 2 heterocycles. The van der Waals surface area contributed by atoms with Crippen LogP contribution in [0.3, 0.4) is 0 Å². The van der Waals surface area contributed by atoms with Gasteiger partial charge in [0, 0.05) is 32.1 Å². The van der Waals surface area contributed by atoms with E-state index in [1.807, 2.05) is 22.9 Å². The number of nitrogens with zero attached hydrogens (tertiary/aromatic N) is 1. The Hall–Kier alpha value is -0.700. The van der Waals surface area contributed by atoms with Gasteiger partial charge >= 0.3 is 0 Å². The van der Waals surface area contributed by atoms with E-state index in [-0.39, 0.29) is 30.7 Å². The van der Waals surface area contributed by atoms with Crippen LogP contribution >= 0.6 is 47.5 Å². The van der Waals surface area contributed by atoms with Crippen molar-refractivity contribution in [3.63, 3.8) is 0 Å². The van der Waals surface area contributed by atoms with Gasteiger partial charge in [0.15, 0.2) is 0 Å². The van der Waals surface area contributed by atoms with E-state index in [0.29, 0.717) is 19.6 Å². The fourth-order valence-electron chi connectivity index (χ4n) is 1.72. The van der Waals surface area contributed by atoms with Gasteiger partial charge in [0.05, 0.1) is 23.6 Å². The van der Waals surface area contributed by atoms with Crippen LogP contribution in [0.2, 0.25) is 0 Å². The van der Waals surface area contributed by atoms with Gasteiger partial charge in [-0.3, -0.25) is 4.79 Å². The second-order valence-electron chi connectivity index (χ2n) is 4.39. The third-order valence-electron chi connectivity index (χ3n) is 2.73. The molecule has 0 bridgehead atoms. The zero-order valence-corrected chi connectivity index (χ0v) is 16.0. The minimum Gasteiger partial charge on any atom is -0.383 e. The molecule has 0 unspecified atom stereocenters. The summed E-state index contributed by atoms with van der Waals surface area (Å²) in [5, 5.41) is 11.0. The Labute approximate surface area is 156 Å². The number of hydrogen-bond acceptors (Lipinski definition) is 6. The van der Waals surface area contributed by atoms with Gasteiger partial charge in [0.25, 0.3) is 0 Å². The first-order valence-corrected chi connectivity index (χ1v) is 8.50. The molecule has 2 aromatic heterocycles. The Balaban J connectivity index is 0.00000242. The van der Waals surface area contributed by atoms with Crippen molar-refractivity contribution in [2.24, 2.45) is 0 Å². The molecule has 1 amide bonds. The largest absolute Gasteiger partial charge is 0.383 e. The molecule has 2 N–H and O–H groups in total. The zero-order chi connectivity index (χ0) is 14.9. The minimum atomic E-state index is 0. The first-order valence-electron chi connectivity index (χ1n) is 6.74. The van der Waals surface area contributed by atoms with Crippen LogP contribution in [0.4, 0.5) is 0 Å². The van der Waals surface area contributed by atoms with E-state index in [4.69, 9.17) is 4.74 Å². The number of nitrogens with one attached hydrogen (secondary N) is 2. The first kappa shape index (κ1) is 22.3. The van der Waals surface area contributed by atoms with Crippen LogP contribution in [0.15, 0.2) is 22.9 Å². The zero-order valence-electron chi connectivity index (χ0n) is 12.7. The number of ether oxygens (including phenoxy) is 1. The fraction of sp³-hybridized carbons (Fsp3) is 0.429. The number of rotatable bonds is 9. The van der Waals surface area contributed by atoms with E-state index < -0.39 is 0 Å². The summed E-state index contributed by atoms with van der Waals surface area (Å²) in [6.45, 7) is 2.83. The van der Waals surface area contributed by atoms with E-state index in [2.05, 4.69) is 15.6 Å². The highest BCUT2D eigenvalue weighted by atomic mass is 35.5. The van der Waals surface area contributed by atoms with Crippen molar-refractivity contribution in [3.8, 4) is 9.88 Å². The molecule has 23 heavy (non-hydrogen) atoms. The van der Waals surface area contributed by atoms with Crippen molar-refractivity contribution in [2.75, 3.05) is 33.4 Å². The molecular formula is C14H21Cl2N3O2S2.